The largest absolute Gasteiger partial charge is 0.270 e. The van der Waals surface area contributed by atoms with E-state index in [1.165, 1.54) is 0 Å². The SMILES string of the molecule is C1=CC=NCN=C1. The molecule has 0 aromatic carbocycles. The van der Waals surface area contributed by atoms with Crippen molar-refractivity contribution in [2.75, 3.05) is 6.67 Å². The van der Waals surface area contributed by atoms with E-state index in [4.69, 9.17) is 0 Å². The fourth-order valence-corrected chi connectivity index (χ4v) is 0.363. The summed E-state index contributed by atoms with van der Waals surface area (Å²) in [5, 5.41) is 0. The molecule has 0 radical (unpaired) electrons. The summed E-state index contributed by atoms with van der Waals surface area (Å²) in [5.74, 6) is 0. The van der Waals surface area contributed by atoms with Crippen molar-refractivity contribution in [3.8, 4) is 0 Å². The van der Waals surface area contributed by atoms with E-state index in [0.717, 1.165) is 0 Å². The first-order chi connectivity index (χ1) is 3.50. The Bertz CT molecular complexity index is 108. The molecule has 0 fully saturated rings. The van der Waals surface area contributed by atoms with Crippen molar-refractivity contribution in [1.82, 2.24) is 0 Å². The van der Waals surface area contributed by atoms with Crippen LogP contribution in [0.1, 0.15) is 0 Å². The van der Waals surface area contributed by atoms with Crippen molar-refractivity contribution >= 4 is 12.4 Å². The summed E-state index contributed by atoms with van der Waals surface area (Å²) >= 11 is 0. The van der Waals surface area contributed by atoms with Gasteiger partial charge in [-0.15, -0.1) is 0 Å². The molecule has 0 saturated heterocycles. The molecule has 1 aliphatic rings. The molecule has 0 atom stereocenters. The van der Waals surface area contributed by atoms with Gasteiger partial charge in [0.05, 0.1) is 0 Å². The Morgan fingerprint density at radius 1 is 1.00 bits per heavy atom. The van der Waals surface area contributed by atoms with Crippen LogP contribution in [0.15, 0.2) is 22.1 Å². The van der Waals surface area contributed by atoms with E-state index in [2.05, 4.69) is 9.98 Å². The van der Waals surface area contributed by atoms with Crippen LogP contribution in [-0.2, 0) is 0 Å². The van der Waals surface area contributed by atoms with Gasteiger partial charge in [0.2, 0.25) is 0 Å². The van der Waals surface area contributed by atoms with Gasteiger partial charge in [0.15, 0.2) is 0 Å². The number of hydrogen-bond acceptors (Lipinski definition) is 2. The van der Waals surface area contributed by atoms with E-state index in [9.17, 15) is 0 Å². The van der Waals surface area contributed by atoms with Gasteiger partial charge in [-0.3, -0.25) is 9.98 Å². The first-order valence-electron chi connectivity index (χ1n) is 2.15. The second-order valence-electron chi connectivity index (χ2n) is 1.19. The summed E-state index contributed by atoms with van der Waals surface area (Å²) in [6, 6.07) is 0. The predicted octanol–water partition coefficient (Wildman–Crippen LogP) is 0.655. The second-order valence-corrected chi connectivity index (χ2v) is 1.19. The molecule has 0 bridgehead atoms. The number of aliphatic imine (C=N–C) groups is 2. The summed E-state index contributed by atoms with van der Waals surface area (Å²) in [7, 11) is 0. The lowest BCUT2D eigenvalue weighted by molar-refractivity contribution is 1.09. The fourth-order valence-electron chi connectivity index (χ4n) is 0.363. The molecule has 0 saturated carbocycles. The summed E-state index contributed by atoms with van der Waals surface area (Å²) < 4.78 is 0. The predicted molar refractivity (Wildman–Crippen MR) is 31.0 cm³/mol. The standard InChI is InChI=1S/C5H6N2/c1-2-4-7-5-6-3-1/h1-4H,5H2. The Morgan fingerprint density at radius 2 is 1.57 bits per heavy atom. The van der Waals surface area contributed by atoms with Crippen molar-refractivity contribution < 1.29 is 0 Å². The monoisotopic (exact) mass is 94.1 g/mol. The molecule has 0 N–H and O–H groups in total. The van der Waals surface area contributed by atoms with Crippen molar-refractivity contribution in [1.29, 1.82) is 0 Å². The highest BCUT2D eigenvalue weighted by Gasteiger charge is 1.71. The van der Waals surface area contributed by atoms with Crippen LogP contribution in [0.3, 0.4) is 0 Å². The van der Waals surface area contributed by atoms with E-state index < -0.39 is 0 Å². The molecule has 36 valence electrons. The first-order valence-corrected chi connectivity index (χ1v) is 2.15. The molecule has 1 rings (SSSR count). The van der Waals surface area contributed by atoms with Crippen LogP contribution < -0.4 is 0 Å². The molecule has 0 aromatic rings. The summed E-state index contributed by atoms with van der Waals surface area (Å²) in [5.41, 5.74) is 0. The zero-order chi connectivity index (χ0) is 4.95. The Hall–Kier alpha value is -0.920. The van der Waals surface area contributed by atoms with Crippen LogP contribution in [0, 0.1) is 0 Å². The molecule has 0 spiro atoms. The Kier molecular flexibility index (Phi) is 1.39. The lowest BCUT2D eigenvalue weighted by Gasteiger charge is -1.72. The van der Waals surface area contributed by atoms with E-state index in [1.54, 1.807) is 12.4 Å². The van der Waals surface area contributed by atoms with Crippen LogP contribution in [0.25, 0.3) is 0 Å². The van der Waals surface area contributed by atoms with E-state index >= 15 is 0 Å². The minimum absolute atomic E-state index is 0.576. The molecule has 0 unspecified atom stereocenters. The Labute approximate surface area is 42.3 Å². The van der Waals surface area contributed by atoms with Crippen molar-refractivity contribution in [3.63, 3.8) is 0 Å². The minimum atomic E-state index is 0.576. The molecular formula is C5H6N2. The maximum Gasteiger partial charge on any atom is 0.129 e. The van der Waals surface area contributed by atoms with Crippen molar-refractivity contribution in [3.05, 3.63) is 12.2 Å². The number of rotatable bonds is 0. The zero-order valence-corrected chi connectivity index (χ0v) is 3.91. The van der Waals surface area contributed by atoms with Gasteiger partial charge in [0.1, 0.15) is 6.67 Å². The van der Waals surface area contributed by atoms with Crippen molar-refractivity contribution in [2.24, 2.45) is 9.98 Å². The highest BCUT2D eigenvalue weighted by atomic mass is 14.9. The highest BCUT2D eigenvalue weighted by molar-refractivity contribution is 5.82. The highest BCUT2D eigenvalue weighted by Crippen LogP contribution is 1.76. The number of hydrogen-bond donors (Lipinski definition) is 0. The minimum Gasteiger partial charge on any atom is -0.270 e. The molecule has 0 aromatic heterocycles. The van der Waals surface area contributed by atoms with Crippen LogP contribution in [0.2, 0.25) is 0 Å². The fraction of sp³-hybridized carbons (Fsp3) is 0.200. The average molecular weight is 94.1 g/mol. The van der Waals surface area contributed by atoms with Gasteiger partial charge in [0.25, 0.3) is 0 Å². The molecule has 0 amide bonds. The van der Waals surface area contributed by atoms with Crippen molar-refractivity contribution in [2.45, 2.75) is 0 Å². The quantitative estimate of drug-likeness (QED) is 0.421. The van der Waals surface area contributed by atoms with Gasteiger partial charge in [0, 0.05) is 12.4 Å². The average Bonchev–Trinajstić information content (AvgIpc) is 1.90. The summed E-state index contributed by atoms with van der Waals surface area (Å²) in [6.07, 6.45) is 7.20. The molecule has 2 nitrogen and oxygen atoms in total. The Morgan fingerprint density at radius 3 is 2.14 bits per heavy atom. The molecule has 2 heteroatoms. The smallest absolute Gasteiger partial charge is 0.129 e. The maximum absolute atomic E-state index is 3.86. The van der Waals surface area contributed by atoms with E-state index in [1.807, 2.05) is 12.2 Å². The second kappa shape index (κ2) is 2.29. The topological polar surface area (TPSA) is 24.7 Å². The van der Waals surface area contributed by atoms with Crippen LogP contribution in [-0.4, -0.2) is 19.1 Å². The third-order valence-corrected chi connectivity index (χ3v) is 0.657. The number of nitrogens with zero attached hydrogens (tertiary/aromatic N) is 2. The molecule has 1 heterocycles. The zero-order valence-electron chi connectivity index (χ0n) is 3.91. The van der Waals surface area contributed by atoms with Crippen LogP contribution in [0.4, 0.5) is 0 Å². The molecule has 1 aliphatic heterocycles. The summed E-state index contributed by atoms with van der Waals surface area (Å²) in [4.78, 5) is 7.72. The lowest BCUT2D eigenvalue weighted by Crippen LogP contribution is -1.67. The Balaban J connectivity index is 2.60. The maximum atomic E-state index is 3.86. The van der Waals surface area contributed by atoms with Gasteiger partial charge in [-0.05, 0) is 12.2 Å². The van der Waals surface area contributed by atoms with E-state index in [-0.39, 0.29) is 0 Å². The van der Waals surface area contributed by atoms with Crippen LogP contribution >= 0.6 is 0 Å². The molecule has 0 aliphatic carbocycles. The molecular weight excluding hydrogens is 88.1 g/mol. The molecule has 7 heavy (non-hydrogen) atoms. The van der Waals surface area contributed by atoms with Gasteiger partial charge in [-0.2, -0.15) is 0 Å². The van der Waals surface area contributed by atoms with Gasteiger partial charge < -0.3 is 0 Å². The lowest BCUT2D eigenvalue weighted by atomic mass is 10.5. The first kappa shape index (κ1) is 4.24. The third kappa shape index (κ3) is 1.30. The van der Waals surface area contributed by atoms with Gasteiger partial charge in [-0.1, -0.05) is 0 Å². The van der Waals surface area contributed by atoms with Gasteiger partial charge in [-0.25, -0.2) is 0 Å². The van der Waals surface area contributed by atoms with E-state index in [0.29, 0.717) is 6.67 Å². The summed E-state index contributed by atoms with van der Waals surface area (Å²) in [6.45, 7) is 0.576. The normalized spacial score (nSPS) is 17.1. The van der Waals surface area contributed by atoms with Crippen LogP contribution in [0.5, 0.6) is 0 Å². The number of allylic oxidation sites excluding steroid dienone is 2. The van der Waals surface area contributed by atoms with Gasteiger partial charge >= 0.3 is 0 Å². The third-order valence-electron chi connectivity index (χ3n) is 0.657.